The Morgan fingerprint density at radius 1 is 1.37 bits per heavy atom. The average molecular weight is 264 g/mol. The predicted molar refractivity (Wildman–Crippen MR) is 77.2 cm³/mol. The van der Waals surface area contributed by atoms with Gasteiger partial charge in [0.15, 0.2) is 0 Å². The topological polar surface area (TPSA) is 41.6 Å². The van der Waals surface area contributed by atoms with E-state index in [4.69, 9.17) is 4.74 Å². The fraction of sp³-hybridized carbons (Fsp3) is 0.533. The molecule has 0 bridgehead atoms. The summed E-state index contributed by atoms with van der Waals surface area (Å²) in [5.41, 5.74) is 1.12. The molecule has 1 unspecified atom stereocenters. The van der Waals surface area contributed by atoms with E-state index in [0.717, 1.165) is 17.9 Å². The Labute approximate surface area is 115 Å². The second kappa shape index (κ2) is 7.79. The molecule has 0 heterocycles. The minimum absolute atomic E-state index is 0.00296. The molecule has 0 aliphatic carbocycles. The molecule has 0 spiro atoms. The first-order valence-electron chi connectivity index (χ1n) is 6.68. The lowest BCUT2D eigenvalue weighted by molar-refractivity contribution is -0.135. The Balaban J connectivity index is 2.67. The Morgan fingerprint density at radius 2 is 2.00 bits per heavy atom. The van der Waals surface area contributed by atoms with Crippen LogP contribution in [0.25, 0.3) is 0 Å². The van der Waals surface area contributed by atoms with E-state index in [2.05, 4.69) is 5.32 Å². The van der Waals surface area contributed by atoms with Gasteiger partial charge in [-0.1, -0.05) is 19.1 Å². The zero-order chi connectivity index (χ0) is 14.3. The molecule has 1 amide bonds. The van der Waals surface area contributed by atoms with Crippen LogP contribution in [0.2, 0.25) is 0 Å². The van der Waals surface area contributed by atoms with Crippen LogP contribution in [0.1, 0.15) is 19.4 Å². The van der Waals surface area contributed by atoms with Crippen molar-refractivity contribution in [3.05, 3.63) is 29.8 Å². The molecule has 0 aliphatic rings. The van der Waals surface area contributed by atoms with Gasteiger partial charge in [-0.25, -0.2) is 0 Å². The molecule has 0 saturated carbocycles. The number of methoxy groups -OCH3 is 1. The van der Waals surface area contributed by atoms with Gasteiger partial charge >= 0.3 is 0 Å². The average Bonchev–Trinajstić information content (AvgIpc) is 2.45. The Hall–Kier alpha value is -1.55. The van der Waals surface area contributed by atoms with Crippen molar-refractivity contribution < 1.29 is 9.53 Å². The molecule has 1 rings (SSSR count). The van der Waals surface area contributed by atoms with E-state index in [1.54, 1.807) is 7.11 Å². The molecule has 1 aromatic rings. The van der Waals surface area contributed by atoms with Gasteiger partial charge in [-0.15, -0.1) is 0 Å². The standard InChI is InChI=1S/C15H24N2O2/c1-5-17(15(18)12(2)10-16-3)11-13-6-8-14(19-4)9-7-13/h6-9,12,16H,5,10-11H2,1-4H3. The van der Waals surface area contributed by atoms with Crippen molar-refractivity contribution in [2.24, 2.45) is 5.92 Å². The molecule has 1 atom stereocenters. The summed E-state index contributed by atoms with van der Waals surface area (Å²) < 4.78 is 5.13. The summed E-state index contributed by atoms with van der Waals surface area (Å²) in [6, 6.07) is 7.84. The number of benzene rings is 1. The number of nitrogens with one attached hydrogen (secondary N) is 1. The zero-order valence-electron chi connectivity index (χ0n) is 12.3. The van der Waals surface area contributed by atoms with E-state index in [1.807, 2.05) is 50.1 Å². The number of amides is 1. The number of nitrogens with zero attached hydrogens (tertiary/aromatic N) is 1. The lowest BCUT2D eigenvalue weighted by Crippen LogP contribution is -2.38. The molecule has 4 nitrogen and oxygen atoms in total. The van der Waals surface area contributed by atoms with E-state index in [1.165, 1.54) is 0 Å². The van der Waals surface area contributed by atoms with Gasteiger partial charge in [0.2, 0.25) is 5.91 Å². The van der Waals surface area contributed by atoms with Crippen molar-refractivity contribution in [1.29, 1.82) is 0 Å². The maximum atomic E-state index is 12.3. The number of carbonyl (C=O) groups is 1. The van der Waals surface area contributed by atoms with Gasteiger partial charge in [0.05, 0.1) is 7.11 Å². The van der Waals surface area contributed by atoms with E-state index in [0.29, 0.717) is 13.1 Å². The van der Waals surface area contributed by atoms with Gasteiger partial charge in [-0.3, -0.25) is 4.79 Å². The van der Waals surface area contributed by atoms with E-state index < -0.39 is 0 Å². The summed E-state index contributed by atoms with van der Waals surface area (Å²) in [5, 5.41) is 3.04. The van der Waals surface area contributed by atoms with Crippen LogP contribution in [0.5, 0.6) is 5.75 Å². The van der Waals surface area contributed by atoms with Crippen molar-refractivity contribution in [3.63, 3.8) is 0 Å². The quantitative estimate of drug-likeness (QED) is 0.818. The maximum Gasteiger partial charge on any atom is 0.226 e. The summed E-state index contributed by atoms with van der Waals surface area (Å²) in [6.07, 6.45) is 0. The zero-order valence-corrected chi connectivity index (χ0v) is 12.3. The first-order valence-corrected chi connectivity index (χ1v) is 6.68. The molecule has 19 heavy (non-hydrogen) atoms. The molecule has 0 aliphatic heterocycles. The second-order valence-corrected chi connectivity index (χ2v) is 4.66. The smallest absolute Gasteiger partial charge is 0.226 e. The van der Waals surface area contributed by atoms with E-state index in [9.17, 15) is 4.79 Å². The third kappa shape index (κ3) is 4.56. The SMILES string of the molecule is CCN(Cc1ccc(OC)cc1)C(=O)C(C)CNC. The molecule has 4 heteroatoms. The Kier molecular flexibility index (Phi) is 6.36. The molecular weight excluding hydrogens is 240 g/mol. The van der Waals surface area contributed by atoms with Crippen molar-refractivity contribution in [2.75, 3.05) is 27.2 Å². The van der Waals surface area contributed by atoms with Gasteiger partial charge in [-0.05, 0) is 31.7 Å². The minimum Gasteiger partial charge on any atom is -0.497 e. The Bertz CT molecular complexity index is 390. The van der Waals surface area contributed by atoms with Gasteiger partial charge in [0.25, 0.3) is 0 Å². The second-order valence-electron chi connectivity index (χ2n) is 4.66. The van der Waals surface area contributed by atoms with Crippen LogP contribution < -0.4 is 10.1 Å². The maximum absolute atomic E-state index is 12.3. The predicted octanol–water partition coefficient (Wildman–Crippen LogP) is 1.90. The number of hydrogen-bond acceptors (Lipinski definition) is 3. The lowest BCUT2D eigenvalue weighted by atomic mass is 10.1. The van der Waals surface area contributed by atoms with Crippen LogP contribution in [-0.4, -0.2) is 38.1 Å². The first kappa shape index (κ1) is 15.5. The molecule has 0 aromatic heterocycles. The highest BCUT2D eigenvalue weighted by molar-refractivity contribution is 5.78. The number of hydrogen-bond donors (Lipinski definition) is 1. The number of rotatable bonds is 7. The summed E-state index contributed by atoms with van der Waals surface area (Å²) in [4.78, 5) is 14.1. The van der Waals surface area contributed by atoms with Crippen molar-refractivity contribution in [1.82, 2.24) is 10.2 Å². The van der Waals surface area contributed by atoms with Crippen LogP contribution in [0, 0.1) is 5.92 Å². The molecule has 106 valence electrons. The lowest BCUT2D eigenvalue weighted by Gasteiger charge is -2.24. The summed E-state index contributed by atoms with van der Waals surface area (Å²) >= 11 is 0. The fourth-order valence-electron chi connectivity index (χ4n) is 2.00. The van der Waals surface area contributed by atoms with Crippen LogP contribution >= 0.6 is 0 Å². The minimum atomic E-state index is 0.00296. The highest BCUT2D eigenvalue weighted by Gasteiger charge is 2.18. The Morgan fingerprint density at radius 3 is 2.47 bits per heavy atom. The van der Waals surface area contributed by atoms with Crippen LogP contribution in [0.15, 0.2) is 24.3 Å². The van der Waals surface area contributed by atoms with E-state index in [-0.39, 0.29) is 11.8 Å². The first-order chi connectivity index (χ1) is 9.12. The normalized spacial score (nSPS) is 12.0. The summed E-state index contributed by atoms with van der Waals surface area (Å²) in [5.74, 6) is 1.03. The highest BCUT2D eigenvalue weighted by Crippen LogP contribution is 2.14. The van der Waals surface area contributed by atoms with Crippen LogP contribution in [0.3, 0.4) is 0 Å². The highest BCUT2D eigenvalue weighted by atomic mass is 16.5. The van der Waals surface area contributed by atoms with Crippen LogP contribution in [-0.2, 0) is 11.3 Å². The number of carbonyl (C=O) groups excluding carboxylic acids is 1. The third-order valence-electron chi connectivity index (χ3n) is 3.16. The van der Waals surface area contributed by atoms with E-state index >= 15 is 0 Å². The van der Waals surface area contributed by atoms with Gasteiger partial charge < -0.3 is 15.0 Å². The molecule has 1 aromatic carbocycles. The summed E-state index contributed by atoms with van der Waals surface area (Å²) in [6.45, 7) is 6.03. The summed E-state index contributed by atoms with van der Waals surface area (Å²) in [7, 11) is 3.51. The number of ether oxygens (including phenoxy) is 1. The molecule has 0 fully saturated rings. The molecular formula is C15H24N2O2. The molecule has 0 radical (unpaired) electrons. The monoisotopic (exact) mass is 264 g/mol. The van der Waals surface area contributed by atoms with Crippen molar-refractivity contribution in [3.8, 4) is 5.75 Å². The van der Waals surface area contributed by atoms with Gasteiger partial charge in [0.1, 0.15) is 5.75 Å². The van der Waals surface area contributed by atoms with Gasteiger partial charge in [0, 0.05) is 25.6 Å². The third-order valence-corrected chi connectivity index (χ3v) is 3.16. The van der Waals surface area contributed by atoms with Crippen molar-refractivity contribution >= 4 is 5.91 Å². The van der Waals surface area contributed by atoms with Crippen LogP contribution in [0.4, 0.5) is 0 Å². The molecule has 0 saturated heterocycles. The largest absolute Gasteiger partial charge is 0.497 e. The molecule has 1 N–H and O–H groups in total. The van der Waals surface area contributed by atoms with Gasteiger partial charge in [-0.2, -0.15) is 0 Å². The van der Waals surface area contributed by atoms with Crippen molar-refractivity contribution in [2.45, 2.75) is 20.4 Å². The fourth-order valence-corrected chi connectivity index (χ4v) is 2.00.